The van der Waals surface area contributed by atoms with Crippen molar-refractivity contribution in [1.29, 1.82) is 0 Å². The molecule has 2 rings (SSSR count). The van der Waals surface area contributed by atoms with Crippen LogP contribution >= 0.6 is 0 Å². The van der Waals surface area contributed by atoms with Gasteiger partial charge in [0.15, 0.2) is 5.76 Å². The molecule has 0 aromatic carbocycles. The van der Waals surface area contributed by atoms with E-state index in [-0.39, 0.29) is 11.3 Å². The highest BCUT2D eigenvalue weighted by molar-refractivity contribution is 5.55. The third-order valence-corrected chi connectivity index (χ3v) is 2.43. The fourth-order valence-corrected chi connectivity index (χ4v) is 1.48. The van der Waals surface area contributed by atoms with Gasteiger partial charge in [-0.25, -0.2) is 5.84 Å². The van der Waals surface area contributed by atoms with Crippen LogP contribution < -0.4 is 11.4 Å². The van der Waals surface area contributed by atoms with Crippen LogP contribution in [0.25, 0.3) is 5.76 Å². The van der Waals surface area contributed by atoms with Crippen molar-refractivity contribution >= 4 is 5.76 Å². The molecule has 0 unspecified atom stereocenters. The first-order chi connectivity index (χ1) is 6.43. The summed E-state index contributed by atoms with van der Waals surface area (Å²) in [5, 5.41) is 13.5. The molecule has 0 saturated heterocycles. The van der Waals surface area contributed by atoms with Crippen LogP contribution in [0.4, 0.5) is 0 Å². The van der Waals surface area contributed by atoms with E-state index >= 15 is 0 Å². The highest BCUT2D eigenvalue weighted by atomic mass is 16.3. The molecule has 1 aliphatic heterocycles. The first-order valence-corrected chi connectivity index (χ1v) is 4.20. The number of rotatable bonds is 0. The van der Waals surface area contributed by atoms with Crippen molar-refractivity contribution in [2.24, 2.45) is 5.84 Å². The molecule has 0 atom stereocenters. The number of H-pyrrole nitrogens is 1. The summed E-state index contributed by atoms with van der Waals surface area (Å²) in [7, 11) is 0. The third-order valence-electron chi connectivity index (χ3n) is 2.43. The fourth-order valence-electron chi connectivity index (χ4n) is 1.48. The molecule has 14 heavy (non-hydrogen) atoms. The molecular weight excluding hydrogens is 184 g/mol. The number of nitrogens with zero attached hydrogens (tertiary/aromatic N) is 2. The second-order valence-electron chi connectivity index (χ2n) is 3.76. The Morgan fingerprint density at radius 1 is 1.57 bits per heavy atom. The van der Waals surface area contributed by atoms with Crippen LogP contribution in [0.1, 0.15) is 19.5 Å². The molecule has 1 aliphatic rings. The predicted octanol–water partition coefficient (Wildman–Crippen LogP) is -0.0853. The molecule has 1 aromatic rings. The van der Waals surface area contributed by atoms with Crippen LogP contribution in [-0.2, 0) is 5.66 Å². The summed E-state index contributed by atoms with van der Waals surface area (Å²) in [6.07, 6.45) is 1.39. The van der Waals surface area contributed by atoms with E-state index < -0.39 is 5.66 Å². The van der Waals surface area contributed by atoms with E-state index in [4.69, 9.17) is 5.84 Å². The minimum Gasteiger partial charge on any atom is -0.504 e. The van der Waals surface area contributed by atoms with Gasteiger partial charge < -0.3 is 5.11 Å². The molecule has 1 aromatic heterocycles. The lowest BCUT2D eigenvalue weighted by Gasteiger charge is -2.38. The van der Waals surface area contributed by atoms with E-state index in [1.807, 2.05) is 13.8 Å². The van der Waals surface area contributed by atoms with Gasteiger partial charge in [-0.2, -0.15) is 0 Å². The lowest BCUT2D eigenvalue weighted by molar-refractivity contribution is 0.0778. The van der Waals surface area contributed by atoms with E-state index in [0.29, 0.717) is 5.69 Å². The van der Waals surface area contributed by atoms with Crippen LogP contribution in [0.5, 0.6) is 0 Å². The molecule has 6 heteroatoms. The maximum absolute atomic E-state index is 11.1. The lowest BCUT2D eigenvalue weighted by Crippen LogP contribution is -2.50. The first-order valence-electron chi connectivity index (χ1n) is 4.20. The van der Waals surface area contributed by atoms with Crippen LogP contribution in [-0.4, -0.2) is 19.9 Å². The number of hydrazine groups is 1. The van der Waals surface area contributed by atoms with E-state index in [2.05, 4.69) is 5.10 Å². The molecule has 76 valence electrons. The average Bonchev–Trinajstić information content (AvgIpc) is 2.45. The maximum Gasteiger partial charge on any atom is 0.264 e. The molecule has 0 spiro atoms. The topological polar surface area (TPSA) is 87.3 Å². The number of aliphatic hydroxyl groups excluding tert-OH is 1. The van der Waals surface area contributed by atoms with Crippen LogP contribution in [0.3, 0.4) is 0 Å². The second-order valence-corrected chi connectivity index (χ2v) is 3.76. The Morgan fingerprint density at radius 2 is 2.21 bits per heavy atom. The Labute approximate surface area is 80.2 Å². The quantitative estimate of drug-likeness (QED) is 0.506. The molecule has 0 fully saturated rings. The van der Waals surface area contributed by atoms with Gasteiger partial charge in [0.05, 0.1) is 6.20 Å². The Balaban J connectivity index is 2.72. The average molecular weight is 196 g/mol. The predicted molar refractivity (Wildman–Crippen MR) is 51.0 cm³/mol. The summed E-state index contributed by atoms with van der Waals surface area (Å²) in [5.74, 6) is 5.66. The molecular formula is C8H12N4O2. The van der Waals surface area contributed by atoms with Gasteiger partial charge in [-0.15, -0.1) is 0 Å². The van der Waals surface area contributed by atoms with Crippen molar-refractivity contribution in [3.8, 4) is 0 Å². The molecule has 0 radical (unpaired) electrons. The summed E-state index contributed by atoms with van der Waals surface area (Å²) < 4.78 is 1.53. The summed E-state index contributed by atoms with van der Waals surface area (Å²) in [5.41, 5.74) is -0.408. The Morgan fingerprint density at radius 3 is 2.86 bits per heavy atom. The SMILES string of the molecule is CC1(C)N(N)C=C(O)c2cc(=O)[nH]n21. The van der Waals surface area contributed by atoms with Crippen molar-refractivity contribution in [2.75, 3.05) is 0 Å². The summed E-state index contributed by atoms with van der Waals surface area (Å²) in [6.45, 7) is 3.66. The van der Waals surface area contributed by atoms with Gasteiger partial charge in [0, 0.05) is 6.07 Å². The number of hydrogen-bond acceptors (Lipinski definition) is 4. The van der Waals surface area contributed by atoms with Gasteiger partial charge in [-0.05, 0) is 13.8 Å². The number of fused-ring (bicyclic) bond motifs is 1. The van der Waals surface area contributed by atoms with Crippen molar-refractivity contribution in [3.05, 3.63) is 28.3 Å². The van der Waals surface area contributed by atoms with Crippen molar-refractivity contribution < 1.29 is 5.11 Å². The van der Waals surface area contributed by atoms with Crippen molar-refractivity contribution in [2.45, 2.75) is 19.5 Å². The zero-order valence-corrected chi connectivity index (χ0v) is 7.98. The highest BCUT2D eigenvalue weighted by Gasteiger charge is 2.32. The minimum atomic E-state index is -0.593. The van der Waals surface area contributed by atoms with E-state index in [1.54, 1.807) is 0 Å². The normalized spacial score (nSPS) is 19.1. The number of aromatic amines is 1. The van der Waals surface area contributed by atoms with Gasteiger partial charge in [0.1, 0.15) is 11.4 Å². The van der Waals surface area contributed by atoms with E-state index in [0.717, 1.165) is 0 Å². The van der Waals surface area contributed by atoms with Crippen LogP contribution in [0.2, 0.25) is 0 Å². The summed E-state index contributed by atoms with van der Waals surface area (Å²) >= 11 is 0. The molecule has 4 N–H and O–H groups in total. The van der Waals surface area contributed by atoms with Crippen LogP contribution in [0, 0.1) is 0 Å². The lowest BCUT2D eigenvalue weighted by atomic mass is 10.2. The molecule has 0 amide bonds. The molecule has 6 nitrogen and oxygen atoms in total. The zero-order valence-electron chi connectivity index (χ0n) is 7.98. The van der Waals surface area contributed by atoms with Gasteiger partial charge >= 0.3 is 0 Å². The zero-order chi connectivity index (χ0) is 10.5. The minimum absolute atomic E-state index is 0.0230. The van der Waals surface area contributed by atoms with Gasteiger partial charge in [-0.3, -0.25) is 19.6 Å². The molecule has 0 aliphatic carbocycles. The van der Waals surface area contributed by atoms with E-state index in [1.165, 1.54) is 22.0 Å². The molecule has 0 saturated carbocycles. The maximum atomic E-state index is 11.1. The first kappa shape index (κ1) is 8.89. The summed E-state index contributed by atoms with van der Waals surface area (Å²) in [4.78, 5) is 11.1. The standard InChI is InChI=1S/C8H12N4O2/c1-8(2)11(9)4-6(13)5-3-7(14)10-12(5)8/h3-4,13H,9H2,1-2H3,(H,10,14). The van der Waals surface area contributed by atoms with Gasteiger partial charge in [0.25, 0.3) is 5.56 Å². The number of aliphatic hydroxyl groups is 1. The highest BCUT2D eigenvalue weighted by Crippen LogP contribution is 2.27. The number of nitrogens with one attached hydrogen (secondary N) is 1. The Hall–Kier alpha value is -1.69. The van der Waals surface area contributed by atoms with E-state index in [9.17, 15) is 9.90 Å². The van der Waals surface area contributed by atoms with Gasteiger partial charge in [-0.1, -0.05) is 0 Å². The van der Waals surface area contributed by atoms with Crippen molar-refractivity contribution in [3.63, 3.8) is 0 Å². The number of hydrogen-bond donors (Lipinski definition) is 3. The molecule has 0 bridgehead atoms. The fraction of sp³-hybridized carbons (Fsp3) is 0.375. The third kappa shape index (κ3) is 0.973. The van der Waals surface area contributed by atoms with Crippen LogP contribution in [0.15, 0.2) is 17.1 Å². The largest absolute Gasteiger partial charge is 0.504 e. The number of aromatic nitrogens is 2. The monoisotopic (exact) mass is 196 g/mol. The van der Waals surface area contributed by atoms with Crippen molar-refractivity contribution in [1.82, 2.24) is 14.8 Å². The Kier molecular flexibility index (Phi) is 1.53. The summed E-state index contributed by atoms with van der Waals surface area (Å²) in [6, 6.07) is 1.33. The second kappa shape index (κ2) is 2.42. The Bertz CT molecular complexity index is 454. The van der Waals surface area contributed by atoms with Gasteiger partial charge in [0.2, 0.25) is 0 Å². The molecule has 2 heterocycles. The smallest absolute Gasteiger partial charge is 0.264 e. The number of nitrogens with two attached hydrogens (primary N) is 1.